The van der Waals surface area contributed by atoms with E-state index in [0.717, 1.165) is 12.8 Å². The molecule has 0 saturated heterocycles. The zero-order valence-corrected chi connectivity index (χ0v) is 10.5. The maximum Gasteiger partial charge on any atom is 0.127 e. The summed E-state index contributed by atoms with van der Waals surface area (Å²) in [6.45, 7) is 0. The van der Waals surface area contributed by atoms with E-state index in [2.05, 4.69) is 6.08 Å². The second-order valence-corrected chi connectivity index (χ2v) is 4.94. The minimum atomic E-state index is -0.260. The third kappa shape index (κ3) is 3.08. The molecule has 0 radical (unpaired) electrons. The molecule has 1 nitrogen and oxygen atoms in total. The number of allylic oxidation sites excluding steroid dienone is 1. The van der Waals surface area contributed by atoms with Crippen molar-refractivity contribution in [2.24, 2.45) is 5.73 Å². The maximum atomic E-state index is 13.6. The summed E-state index contributed by atoms with van der Waals surface area (Å²) in [4.78, 5) is 0. The summed E-state index contributed by atoms with van der Waals surface area (Å²) in [6, 6.07) is 4.65. The molecule has 1 unspecified atom stereocenters. The molecule has 0 saturated carbocycles. The van der Waals surface area contributed by atoms with Gasteiger partial charge in [0.05, 0.1) is 0 Å². The number of nitrogens with two attached hydrogens (primary N) is 1. The summed E-state index contributed by atoms with van der Waals surface area (Å²) in [5.74, 6) is -0.260. The van der Waals surface area contributed by atoms with E-state index in [1.54, 1.807) is 12.1 Å². The lowest BCUT2D eigenvalue weighted by Gasteiger charge is -2.20. The van der Waals surface area contributed by atoms with E-state index < -0.39 is 0 Å². The van der Waals surface area contributed by atoms with Crippen LogP contribution in [0.5, 0.6) is 0 Å². The van der Waals surface area contributed by atoms with Gasteiger partial charge in [0.15, 0.2) is 0 Å². The Kier molecular flexibility index (Phi) is 4.19. The van der Waals surface area contributed by atoms with Gasteiger partial charge in [-0.25, -0.2) is 4.39 Å². The molecule has 0 spiro atoms. The minimum absolute atomic E-state index is 0.107. The maximum absolute atomic E-state index is 13.6. The Morgan fingerprint density at radius 3 is 2.82 bits per heavy atom. The van der Waals surface area contributed by atoms with Crippen molar-refractivity contribution in [3.8, 4) is 0 Å². The van der Waals surface area contributed by atoms with Gasteiger partial charge in [-0.15, -0.1) is 0 Å². The second-order valence-electron chi connectivity index (χ2n) is 4.54. The fraction of sp³-hybridized carbons (Fsp3) is 0.429. The quantitative estimate of drug-likeness (QED) is 0.814. The SMILES string of the molecule is NC(Cc1c(F)cccc1Cl)C1=CCCCC1. The van der Waals surface area contributed by atoms with Crippen molar-refractivity contribution in [2.45, 2.75) is 38.1 Å². The van der Waals surface area contributed by atoms with Crippen molar-refractivity contribution in [3.05, 3.63) is 46.3 Å². The Hall–Kier alpha value is -0.860. The summed E-state index contributed by atoms with van der Waals surface area (Å²) in [6.07, 6.45) is 7.22. The molecule has 2 rings (SSSR count). The van der Waals surface area contributed by atoms with Crippen LogP contribution in [-0.2, 0) is 6.42 Å². The van der Waals surface area contributed by atoms with Gasteiger partial charge in [0, 0.05) is 16.6 Å². The van der Waals surface area contributed by atoms with Gasteiger partial charge in [-0.3, -0.25) is 0 Å². The molecular formula is C14H17ClFN. The molecule has 0 fully saturated rings. The summed E-state index contributed by atoms with van der Waals surface area (Å²) < 4.78 is 13.6. The van der Waals surface area contributed by atoms with Crippen LogP contribution in [0.4, 0.5) is 4.39 Å². The van der Waals surface area contributed by atoms with E-state index in [9.17, 15) is 4.39 Å². The third-order valence-electron chi connectivity index (χ3n) is 3.29. The predicted molar refractivity (Wildman–Crippen MR) is 69.6 cm³/mol. The zero-order valence-electron chi connectivity index (χ0n) is 9.76. The molecule has 0 bridgehead atoms. The highest BCUT2D eigenvalue weighted by Gasteiger charge is 2.16. The summed E-state index contributed by atoms with van der Waals surface area (Å²) in [5.41, 5.74) is 7.91. The van der Waals surface area contributed by atoms with Crippen molar-refractivity contribution in [1.29, 1.82) is 0 Å². The van der Waals surface area contributed by atoms with Gasteiger partial charge < -0.3 is 5.73 Å². The molecule has 1 aliphatic carbocycles. The first-order chi connectivity index (χ1) is 8.18. The van der Waals surface area contributed by atoms with Crippen LogP contribution in [0.3, 0.4) is 0 Å². The standard InChI is InChI=1S/C14H17ClFN/c15-12-7-4-8-13(16)11(12)9-14(17)10-5-2-1-3-6-10/h4-5,7-8,14H,1-3,6,9,17H2. The van der Waals surface area contributed by atoms with Gasteiger partial charge in [0.25, 0.3) is 0 Å². The van der Waals surface area contributed by atoms with Gasteiger partial charge in [0.2, 0.25) is 0 Å². The van der Waals surface area contributed by atoms with Crippen LogP contribution in [0, 0.1) is 5.82 Å². The van der Waals surface area contributed by atoms with Crippen molar-refractivity contribution in [1.82, 2.24) is 0 Å². The number of hydrogen-bond donors (Lipinski definition) is 1. The molecule has 0 aromatic heterocycles. The number of benzene rings is 1. The average molecular weight is 254 g/mol. The molecular weight excluding hydrogens is 237 g/mol. The molecule has 3 heteroatoms. The largest absolute Gasteiger partial charge is 0.324 e. The first-order valence-electron chi connectivity index (χ1n) is 6.06. The highest BCUT2D eigenvalue weighted by Crippen LogP contribution is 2.25. The minimum Gasteiger partial charge on any atom is -0.324 e. The zero-order chi connectivity index (χ0) is 12.3. The highest BCUT2D eigenvalue weighted by molar-refractivity contribution is 6.31. The number of rotatable bonds is 3. The van der Waals surface area contributed by atoms with Crippen molar-refractivity contribution >= 4 is 11.6 Å². The van der Waals surface area contributed by atoms with Crippen LogP contribution in [0.2, 0.25) is 5.02 Å². The summed E-state index contributed by atoms with van der Waals surface area (Å²) in [7, 11) is 0. The summed E-state index contributed by atoms with van der Waals surface area (Å²) >= 11 is 6.00. The molecule has 0 heterocycles. The number of halogens is 2. The van der Waals surface area contributed by atoms with E-state index in [1.807, 2.05) is 0 Å². The molecule has 2 N–H and O–H groups in total. The lowest BCUT2D eigenvalue weighted by molar-refractivity contribution is 0.586. The Bertz CT molecular complexity index is 408. The van der Waals surface area contributed by atoms with E-state index >= 15 is 0 Å². The molecule has 1 atom stereocenters. The first-order valence-corrected chi connectivity index (χ1v) is 6.43. The molecule has 17 heavy (non-hydrogen) atoms. The van der Waals surface area contributed by atoms with Gasteiger partial charge in [-0.1, -0.05) is 29.3 Å². The van der Waals surface area contributed by atoms with Crippen LogP contribution in [0.15, 0.2) is 29.8 Å². The molecule has 1 aromatic carbocycles. The molecule has 0 aliphatic heterocycles. The van der Waals surface area contributed by atoms with E-state index in [1.165, 1.54) is 24.5 Å². The molecule has 1 aliphatic rings. The van der Waals surface area contributed by atoms with E-state index in [-0.39, 0.29) is 11.9 Å². The van der Waals surface area contributed by atoms with Crippen LogP contribution < -0.4 is 5.73 Å². The van der Waals surface area contributed by atoms with E-state index in [4.69, 9.17) is 17.3 Å². The molecule has 92 valence electrons. The van der Waals surface area contributed by atoms with Gasteiger partial charge in [-0.05, 0) is 44.2 Å². The van der Waals surface area contributed by atoms with Crippen LogP contribution in [0.25, 0.3) is 0 Å². The highest BCUT2D eigenvalue weighted by atomic mass is 35.5. The lowest BCUT2D eigenvalue weighted by atomic mass is 9.91. The first kappa shape index (κ1) is 12.6. The Balaban J connectivity index is 2.12. The average Bonchev–Trinajstić information content (AvgIpc) is 2.35. The fourth-order valence-electron chi connectivity index (χ4n) is 2.28. The second kappa shape index (κ2) is 5.65. The Morgan fingerprint density at radius 1 is 1.35 bits per heavy atom. The van der Waals surface area contributed by atoms with Crippen molar-refractivity contribution in [2.75, 3.05) is 0 Å². The van der Waals surface area contributed by atoms with Gasteiger partial charge >= 0.3 is 0 Å². The normalized spacial score (nSPS) is 17.7. The van der Waals surface area contributed by atoms with Crippen molar-refractivity contribution < 1.29 is 4.39 Å². The van der Waals surface area contributed by atoms with Crippen LogP contribution in [0.1, 0.15) is 31.2 Å². The summed E-state index contributed by atoms with van der Waals surface area (Å²) in [5, 5.41) is 0.469. The molecule has 0 amide bonds. The monoisotopic (exact) mass is 253 g/mol. The smallest absolute Gasteiger partial charge is 0.127 e. The van der Waals surface area contributed by atoms with Crippen LogP contribution in [-0.4, -0.2) is 6.04 Å². The molecule has 1 aromatic rings. The lowest BCUT2D eigenvalue weighted by Crippen LogP contribution is -2.27. The van der Waals surface area contributed by atoms with E-state index in [0.29, 0.717) is 17.0 Å². The third-order valence-corrected chi connectivity index (χ3v) is 3.64. The fourth-order valence-corrected chi connectivity index (χ4v) is 2.52. The predicted octanol–water partition coefficient (Wildman–Crippen LogP) is 3.85. The Labute approximate surface area is 106 Å². The Morgan fingerprint density at radius 2 is 2.18 bits per heavy atom. The topological polar surface area (TPSA) is 26.0 Å². The van der Waals surface area contributed by atoms with Gasteiger partial charge in [0.1, 0.15) is 5.82 Å². The van der Waals surface area contributed by atoms with Gasteiger partial charge in [-0.2, -0.15) is 0 Å². The van der Waals surface area contributed by atoms with Crippen LogP contribution >= 0.6 is 11.6 Å². The van der Waals surface area contributed by atoms with Crippen molar-refractivity contribution in [3.63, 3.8) is 0 Å². The number of hydrogen-bond acceptors (Lipinski definition) is 1.